The van der Waals surface area contributed by atoms with E-state index >= 15 is 0 Å². The minimum atomic E-state index is -1.83. The van der Waals surface area contributed by atoms with E-state index in [1.54, 1.807) is 6.92 Å². The normalized spacial score (nSPS) is 35.5. The van der Waals surface area contributed by atoms with E-state index in [-0.39, 0.29) is 36.0 Å². The summed E-state index contributed by atoms with van der Waals surface area (Å²) < 4.78 is 18.9. The highest BCUT2D eigenvalue weighted by Crippen LogP contribution is 2.45. The maximum atomic E-state index is 11.0. The zero-order chi connectivity index (χ0) is 23.7. The van der Waals surface area contributed by atoms with Crippen LogP contribution in [0, 0.1) is 17.2 Å². The lowest BCUT2D eigenvalue weighted by Gasteiger charge is -2.51. The average Bonchev–Trinajstić information content (AvgIpc) is 2.56. The highest BCUT2D eigenvalue weighted by Gasteiger charge is 2.51. The van der Waals surface area contributed by atoms with Gasteiger partial charge in [-0.15, -0.1) is 0 Å². The van der Waals surface area contributed by atoms with Crippen LogP contribution in [0.15, 0.2) is 12.2 Å². The van der Waals surface area contributed by atoms with E-state index < -0.39 is 25.8 Å². The first-order valence-corrected chi connectivity index (χ1v) is 14.4. The Labute approximate surface area is 189 Å². The van der Waals surface area contributed by atoms with E-state index in [0.717, 1.165) is 5.57 Å². The van der Waals surface area contributed by atoms with Crippen LogP contribution in [0.2, 0.25) is 18.1 Å². The molecule has 178 valence electrons. The molecule has 2 rings (SSSR count). The van der Waals surface area contributed by atoms with Crippen molar-refractivity contribution in [3.8, 4) is 6.07 Å². The summed E-state index contributed by atoms with van der Waals surface area (Å²) in [7, 11) is -1.83. The summed E-state index contributed by atoms with van der Waals surface area (Å²) in [6.07, 6.45) is 1.02. The number of aliphatic hydroxyl groups excluding tert-OH is 1. The van der Waals surface area contributed by atoms with Crippen LogP contribution in [0.25, 0.3) is 0 Å². The van der Waals surface area contributed by atoms with E-state index in [1.807, 2.05) is 0 Å². The summed E-state index contributed by atoms with van der Waals surface area (Å²) in [5.74, 6) is -0.892. The van der Waals surface area contributed by atoms with E-state index in [2.05, 4.69) is 53.4 Å². The topological polar surface area (TPSA) is 91.9 Å². The smallest absolute Gasteiger partial charge is 0.192 e. The van der Waals surface area contributed by atoms with Crippen molar-refractivity contribution < 1.29 is 24.1 Å². The van der Waals surface area contributed by atoms with Crippen LogP contribution >= 0.6 is 0 Å². The van der Waals surface area contributed by atoms with Gasteiger partial charge in [-0.25, -0.2) is 0 Å². The maximum absolute atomic E-state index is 11.0. The fourth-order valence-electron chi connectivity index (χ4n) is 4.37. The molecular formula is C24H43NO5Si. The van der Waals surface area contributed by atoms with Crippen LogP contribution in [0.1, 0.15) is 73.1 Å². The van der Waals surface area contributed by atoms with Gasteiger partial charge in [-0.05, 0) is 37.4 Å². The molecule has 0 aromatic heterocycles. The molecule has 0 aliphatic carbocycles. The molecule has 0 aromatic carbocycles. The van der Waals surface area contributed by atoms with E-state index in [1.165, 1.54) is 0 Å². The molecule has 2 heterocycles. The summed E-state index contributed by atoms with van der Waals surface area (Å²) in [6, 6.07) is 2.12. The van der Waals surface area contributed by atoms with Crippen molar-refractivity contribution >= 4 is 8.32 Å². The third-order valence-corrected chi connectivity index (χ3v) is 11.7. The van der Waals surface area contributed by atoms with Gasteiger partial charge in [0.25, 0.3) is 0 Å². The van der Waals surface area contributed by atoms with Crippen LogP contribution in [0.5, 0.6) is 0 Å². The Balaban J connectivity index is 2.03. The fourth-order valence-corrected chi connectivity index (χ4v) is 5.47. The van der Waals surface area contributed by atoms with Crippen LogP contribution < -0.4 is 0 Å². The number of aliphatic hydroxyl groups is 2. The van der Waals surface area contributed by atoms with E-state index in [9.17, 15) is 10.2 Å². The molecule has 0 bridgehead atoms. The van der Waals surface area contributed by atoms with Crippen LogP contribution in [0.4, 0.5) is 0 Å². The Hall–Kier alpha value is -0.753. The third kappa shape index (κ3) is 7.11. The molecule has 31 heavy (non-hydrogen) atoms. The highest BCUT2D eigenvalue weighted by molar-refractivity contribution is 6.74. The second-order valence-electron chi connectivity index (χ2n) is 11.6. The Kier molecular flexibility index (Phi) is 8.22. The van der Waals surface area contributed by atoms with Gasteiger partial charge < -0.3 is 24.1 Å². The van der Waals surface area contributed by atoms with Gasteiger partial charge in [-0.3, -0.25) is 0 Å². The third-order valence-electron chi connectivity index (χ3n) is 7.17. The number of hydrogen-bond donors (Lipinski definition) is 2. The molecule has 0 unspecified atom stereocenters. The predicted octanol–water partition coefficient (Wildman–Crippen LogP) is 4.67. The standard InChI is InChI=1S/C24H43NO5Si/c1-17(18(2)15-28-31(7,8)22(3,4)5)11-21-14-23(6,27)16-24(30-21)13-19(26)12-20(29-24)9-10-25/h18-21,26-27H,1,9,11-16H2,2-8H3/t18-,19-,20-,21-,23-,24+/m0/s1. The van der Waals surface area contributed by atoms with Crippen molar-refractivity contribution in [2.45, 2.75) is 121 Å². The molecular weight excluding hydrogens is 410 g/mol. The van der Waals surface area contributed by atoms with E-state index in [4.69, 9.17) is 19.2 Å². The largest absolute Gasteiger partial charge is 0.416 e. The molecule has 0 amide bonds. The molecule has 1 spiro atoms. The molecule has 2 saturated heterocycles. The van der Waals surface area contributed by atoms with Crippen LogP contribution in [0.3, 0.4) is 0 Å². The lowest BCUT2D eigenvalue weighted by molar-refractivity contribution is -0.348. The maximum Gasteiger partial charge on any atom is 0.192 e. The second-order valence-corrected chi connectivity index (χ2v) is 16.4. The Morgan fingerprint density at radius 1 is 1.29 bits per heavy atom. The molecule has 7 heteroatoms. The molecule has 2 aliphatic heterocycles. The predicted molar refractivity (Wildman–Crippen MR) is 124 cm³/mol. The van der Waals surface area contributed by atoms with Gasteiger partial charge >= 0.3 is 0 Å². The second kappa shape index (κ2) is 9.62. The first-order chi connectivity index (χ1) is 14.1. The first kappa shape index (κ1) is 26.5. The number of nitriles is 1. The minimum Gasteiger partial charge on any atom is -0.416 e. The van der Waals surface area contributed by atoms with Gasteiger partial charge in [0.2, 0.25) is 0 Å². The molecule has 0 saturated carbocycles. The van der Waals surface area contributed by atoms with Crippen molar-refractivity contribution in [1.82, 2.24) is 0 Å². The summed E-state index contributed by atoms with van der Waals surface area (Å²) in [4.78, 5) is 0. The molecule has 0 radical (unpaired) electrons. The average molecular weight is 454 g/mol. The first-order valence-electron chi connectivity index (χ1n) is 11.5. The molecule has 2 fully saturated rings. The van der Waals surface area contributed by atoms with Gasteiger partial charge in [0.15, 0.2) is 14.1 Å². The quantitative estimate of drug-likeness (QED) is 0.430. The number of nitrogens with zero attached hydrogens (tertiary/aromatic N) is 1. The lowest BCUT2D eigenvalue weighted by atomic mass is 9.80. The fraction of sp³-hybridized carbons (Fsp3) is 0.875. The molecule has 2 N–H and O–H groups in total. The van der Waals surface area contributed by atoms with Crippen molar-refractivity contribution in [2.24, 2.45) is 5.92 Å². The summed E-state index contributed by atoms with van der Waals surface area (Å²) in [6.45, 7) is 20.0. The lowest BCUT2D eigenvalue weighted by Crippen LogP contribution is -2.58. The van der Waals surface area contributed by atoms with Gasteiger partial charge in [0.05, 0.1) is 36.4 Å². The minimum absolute atomic E-state index is 0.157. The van der Waals surface area contributed by atoms with Gasteiger partial charge in [-0.1, -0.05) is 39.8 Å². The molecule has 6 atom stereocenters. The van der Waals surface area contributed by atoms with Crippen molar-refractivity contribution in [2.75, 3.05) is 6.61 Å². The molecule has 0 aromatic rings. The Morgan fingerprint density at radius 3 is 2.48 bits per heavy atom. The van der Waals surface area contributed by atoms with Crippen molar-refractivity contribution in [1.29, 1.82) is 5.26 Å². The molecule has 6 nitrogen and oxygen atoms in total. The number of hydrogen-bond acceptors (Lipinski definition) is 6. The van der Waals surface area contributed by atoms with Crippen molar-refractivity contribution in [3.05, 3.63) is 12.2 Å². The van der Waals surface area contributed by atoms with E-state index in [0.29, 0.717) is 32.3 Å². The van der Waals surface area contributed by atoms with Gasteiger partial charge in [0, 0.05) is 32.3 Å². The monoisotopic (exact) mass is 453 g/mol. The van der Waals surface area contributed by atoms with Gasteiger partial charge in [-0.2, -0.15) is 5.26 Å². The molecule has 2 aliphatic rings. The zero-order valence-corrected chi connectivity index (χ0v) is 21.5. The SMILES string of the molecule is C=C(C[C@H]1C[C@](C)(O)C[C@@]2(C[C@@H](O)C[C@H](CC#N)O2)O1)[C@@H](C)CO[Si](C)(C)C(C)(C)C. The van der Waals surface area contributed by atoms with Crippen LogP contribution in [-0.4, -0.2) is 54.8 Å². The Bertz CT molecular complexity index is 680. The number of ether oxygens (including phenoxy) is 2. The Morgan fingerprint density at radius 2 is 1.90 bits per heavy atom. The van der Waals surface area contributed by atoms with Gasteiger partial charge in [0.1, 0.15) is 0 Å². The zero-order valence-electron chi connectivity index (χ0n) is 20.5. The summed E-state index contributed by atoms with van der Waals surface area (Å²) in [5.41, 5.74) is 0.0553. The van der Waals surface area contributed by atoms with Crippen LogP contribution in [-0.2, 0) is 13.9 Å². The summed E-state index contributed by atoms with van der Waals surface area (Å²) >= 11 is 0. The highest BCUT2D eigenvalue weighted by atomic mass is 28.4. The summed E-state index contributed by atoms with van der Waals surface area (Å²) in [5, 5.41) is 30.6. The van der Waals surface area contributed by atoms with Crippen molar-refractivity contribution in [3.63, 3.8) is 0 Å². The number of rotatable bonds is 7.